The molecule has 1 saturated carbocycles. The zero-order valence-corrected chi connectivity index (χ0v) is 10.5. The van der Waals surface area contributed by atoms with Gasteiger partial charge >= 0.3 is 0 Å². The van der Waals surface area contributed by atoms with E-state index in [2.05, 4.69) is 0 Å². The first-order valence-corrected chi connectivity index (χ1v) is 6.19. The van der Waals surface area contributed by atoms with Crippen LogP contribution in [0.1, 0.15) is 35.2 Å². The fourth-order valence-corrected chi connectivity index (χ4v) is 2.34. The second-order valence-corrected chi connectivity index (χ2v) is 4.87. The van der Waals surface area contributed by atoms with Crippen LogP contribution in [-0.4, -0.2) is 24.6 Å². The maximum Gasteiger partial charge on any atom is 0.168 e. The Balaban J connectivity index is 2.26. The van der Waals surface area contributed by atoms with Crippen molar-refractivity contribution in [1.29, 1.82) is 0 Å². The van der Waals surface area contributed by atoms with E-state index in [4.69, 9.17) is 10.5 Å². The monoisotopic (exact) mass is 249 g/mol. The maximum atomic E-state index is 10.6. The van der Waals surface area contributed by atoms with Crippen LogP contribution in [-0.2, 0) is 10.5 Å². The molecular formula is C14H19NO3. The van der Waals surface area contributed by atoms with Crippen molar-refractivity contribution in [2.24, 2.45) is 11.7 Å². The molecule has 4 heteroatoms. The summed E-state index contributed by atoms with van der Waals surface area (Å²) in [4.78, 5) is 10.6. The molecule has 0 amide bonds. The van der Waals surface area contributed by atoms with E-state index in [-0.39, 0.29) is 5.92 Å². The van der Waals surface area contributed by atoms with Gasteiger partial charge in [0, 0.05) is 18.2 Å². The van der Waals surface area contributed by atoms with Crippen molar-refractivity contribution in [2.75, 3.05) is 7.11 Å². The number of nitrogens with two attached hydrogens (primary N) is 1. The smallest absolute Gasteiger partial charge is 0.168 e. The highest BCUT2D eigenvalue weighted by atomic mass is 16.5. The fourth-order valence-electron chi connectivity index (χ4n) is 2.34. The second kappa shape index (κ2) is 5.18. The van der Waals surface area contributed by atoms with E-state index in [1.807, 2.05) is 0 Å². The quantitative estimate of drug-likeness (QED) is 0.611. The molecule has 1 aliphatic carbocycles. The number of aliphatic hydroxyl groups excluding tert-OH is 1. The van der Waals surface area contributed by atoms with Crippen LogP contribution in [0, 0.1) is 5.92 Å². The Hall–Kier alpha value is -1.23. The molecule has 98 valence electrons. The second-order valence-electron chi connectivity index (χ2n) is 4.87. The third-order valence-electron chi connectivity index (χ3n) is 3.87. The lowest BCUT2D eigenvalue weighted by atomic mass is 9.76. The number of aliphatic hydroxyl groups is 1. The Morgan fingerprint density at radius 1 is 1.44 bits per heavy atom. The molecule has 4 nitrogen and oxygen atoms in total. The summed E-state index contributed by atoms with van der Waals surface area (Å²) in [5, 5.41) is 10.3. The van der Waals surface area contributed by atoms with Crippen LogP contribution in [0.15, 0.2) is 24.3 Å². The predicted molar refractivity (Wildman–Crippen MR) is 68.1 cm³/mol. The number of carbonyl (C=O) groups is 1. The summed E-state index contributed by atoms with van der Waals surface area (Å²) in [6, 6.07) is 6.82. The highest BCUT2D eigenvalue weighted by Crippen LogP contribution is 2.37. The third-order valence-corrected chi connectivity index (χ3v) is 3.87. The van der Waals surface area contributed by atoms with E-state index in [1.54, 1.807) is 24.3 Å². The molecule has 0 saturated heterocycles. The topological polar surface area (TPSA) is 72.5 Å². The van der Waals surface area contributed by atoms with Crippen LogP contribution in [0.5, 0.6) is 0 Å². The highest BCUT2D eigenvalue weighted by molar-refractivity contribution is 5.74. The van der Waals surface area contributed by atoms with Crippen LogP contribution in [0.25, 0.3) is 0 Å². The van der Waals surface area contributed by atoms with Gasteiger partial charge in [0.25, 0.3) is 0 Å². The largest absolute Gasteiger partial charge is 0.388 e. The normalized spacial score (nSPS) is 20.8. The van der Waals surface area contributed by atoms with Gasteiger partial charge in [-0.3, -0.25) is 10.5 Å². The van der Waals surface area contributed by atoms with Crippen molar-refractivity contribution in [2.45, 2.75) is 31.1 Å². The van der Waals surface area contributed by atoms with Crippen molar-refractivity contribution in [3.8, 4) is 0 Å². The van der Waals surface area contributed by atoms with Gasteiger partial charge in [0.2, 0.25) is 0 Å². The number of carbonyl (C=O) groups excluding carboxylic acids is 1. The minimum atomic E-state index is -1.20. The standard InChI is InChI=1S/C14H19NO3/c1-18-14(15,13(17)11-3-2-4-11)12-7-5-10(9-16)6-8-12/h5-9,11,13,17H,2-4,15H2,1H3/t13-,14-/m0/s1. The maximum absolute atomic E-state index is 10.6. The van der Waals surface area contributed by atoms with Crippen molar-refractivity contribution < 1.29 is 14.6 Å². The van der Waals surface area contributed by atoms with Crippen molar-refractivity contribution in [1.82, 2.24) is 0 Å². The number of methoxy groups -OCH3 is 1. The van der Waals surface area contributed by atoms with Crippen LogP contribution >= 0.6 is 0 Å². The lowest BCUT2D eigenvalue weighted by Crippen LogP contribution is -2.54. The molecule has 2 rings (SSSR count). The van der Waals surface area contributed by atoms with Crippen LogP contribution in [0.3, 0.4) is 0 Å². The van der Waals surface area contributed by atoms with Gasteiger partial charge < -0.3 is 9.84 Å². The number of ether oxygens (including phenoxy) is 1. The Labute approximate surface area is 107 Å². The Bertz CT molecular complexity index is 414. The van der Waals surface area contributed by atoms with Crippen LogP contribution in [0.4, 0.5) is 0 Å². The Morgan fingerprint density at radius 2 is 2.06 bits per heavy atom. The minimum absolute atomic E-state index is 0.195. The number of benzene rings is 1. The highest BCUT2D eigenvalue weighted by Gasteiger charge is 2.42. The van der Waals surface area contributed by atoms with Gasteiger partial charge in [0.1, 0.15) is 12.4 Å². The van der Waals surface area contributed by atoms with Gasteiger partial charge in [-0.2, -0.15) is 0 Å². The van der Waals surface area contributed by atoms with Gasteiger partial charge in [-0.15, -0.1) is 0 Å². The molecule has 0 heterocycles. The van der Waals surface area contributed by atoms with Gasteiger partial charge in [-0.1, -0.05) is 30.7 Å². The lowest BCUT2D eigenvalue weighted by Gasteiger charge is -2.41. The molecule has 3 N–H and O–H groups in total. The number of hydrogen-bond donors (Lipinski definition) is 2. The summed E-state index contributed by atoms with van der Waals surface area (Å²) in [5.41, 5.74) is 6.27. The number of aldehydes is 1. The molecule has 0 spiro atoms. The third kappa shape index (κ3) is 2.19. The van der Waals surface area contributed by atoms with E-state index in [9.17, 15) is 9.90 Å². The summed E-state index contributed by atoms with van der Waals surface area (Å²) >= 11 is 0. The zero-order chi connectivity index (χ0) is 13.2. The van der Waals surface area contributed by atoms with E-state index < -0.39 is 11.8 Å². The van der Waals surface area contributed by atoms with Crippen molar-refractivity contribution >= 4 is 6.29 Å². The summed E-state index contributed by atoms with van der Waals surface area (Å²) in [6.45, 7) is 0. The molecule has 0 aromatic heterocycles. The van der Waals surface area contributed by atoms with Crippen molar-refractivity contribution in [3.05, 3.63) is 35.4 Å². The Morgan fingerprint density at radius 3 is 2.44 bits per heavy atom. The van der Waals surface area contributed by atoms with Crippen molar-refractivity contribution in [3.63, 3.8) is 0 Å². The summed E-state index contributed by atoms with van der Waals surface area (Å²) in [5.74, 6) is 0.195. The fraction of sp³-hybridized carbons (Fsp3) is 0.500. The van der Waals surface area contributed by atoms with E-state index >= 15 is 0 Å². The van der Waals surface area contributed by atoms with E-state index in [0.717, 1.165) is 25.5 Å². The lowest BCUT2D eigenvalue weighted by molar-refractivity contribution is -0.139. The molecule has 1 aromatic carbocycles. The molecule has 2 atom stereocenters. The predicted octanol–water partition coefficient (Wildman–Crippen LogP) is 1.42. The molecule has 18 heavy (non-hydrogen) atoms. The van der Waals surface area contributed by atoms with E-state index in [1.165, 1.54) is 7.11 Å². The molecule has 0 bridgehead atoms. The summed E-state index contributed by atoms with van der Waals surface area (Å²) < 4.78 is 5.36. The molecule has 0 unspecified atom stereocenters. The summed E-state index contributed by atoms with van der Waals surface area (Å²) in [7, 11) is 1.50. The number of rotatable bonds is 5. The molecule has 1 fully saturated rings. The average Bonchev–Trinajstić information content (AvgIpc) is 2.35. The first-order chi connectivity index (χ1) is 8.61. The first kappa shape index (κ1) is 13.2. The average molecular weight is 249 g/mol. The molecule has 1 aliphatic rings. The van der Waals surface area contributed by atoms with Gasteiger partial charge in [-0.25, -0.2) is 0 Å². The Kier molecular flexibility index (Phi) is 3.80. The van der Waals surface area contributed by atoms with Crippen LogP contribution in [0.2, 0.25) is 0 Å². The molecule has 1 aromatic rings. The molecule has 0 radical (unpaired) electrons. The van der Waals surface area contributed by atoms with Gasteiger partial charge in [0.15, 0.2) is 5.72 Å². The summed E-state index contributed by atoms with van der Waals surface area (Å²) in [6.07, 6.45) is 3.15. The van der Waals surface area contributed by atoms with Gasteiger partial charge in [0.05, 0.1) is 0 Å². The SMILES string of the molecule is CO[C@@](N)(c1ccc(C=O)cc1)[C@@H](O)C1CCC1. The number of hydrogen-bond acceptors (Lipinski definition) is 4. The zero-order valence-electron chi connectivity index (χ0n) is 10.5. The minimum Gasteiger partial charge on any atom is -0.388 e. The van der Waals surface area contributed by atoms with Crippen LogP contribution < -0.4 is 5.73 Å². The van der Waals surface area contributed by atoms with E-state index in [0.29, 0.717) is 11.1 Å². The molecule has 0 aliphatic heterocycles. The van der Waals surface area contributed by atoms with Gasteiger partial charge in [-0.05, 0) is 18.8 Å². The first-order valence-electron chi connectivity index (χ1n) is 6.19. The molecular weight excluding hydrogens is 230 g/mol.